The quantitative estimate of drug-likeness (QED) is 0.561. The third kappa shape index (κ3) is 6.17. The molecule has 0 aliphatic heterocycles. The Balaban J connectivity index is 2.25. The molecule has 30 heavy (non-hydrogen) atoms. The zero-order chi connectivity index (χ0) is 22.1. The molecule has 0 saturated carbocycles. The first kappa shape index (κ1) is 23.6. The van der Waals surface area contributed by atoms with Crippen LogP contribution in [0.2, 0.25) is 0 Å². The Morgan fingerprint density at radius 3 is 1.73 bits per heavy atom. The Labute approximate surface area is 179 Å². The molecular weight excluding hydrogens is 376 g/mol. The molecule has 5 heteroatoms. The van der Waals surface area contributed by atoms with E-state index in [-0.39, 0.29) is 36.3 Å². The van der Waals surface area contributed by atoms with Gasteiger partial charge in [-0.25, -0.2) is 0 Å². The van der Waals surface area contributed by atoms with Crippen molar-refractivity contribution in [3.8, 4) is 0 Å². The lowest BCUT2D eigenvalue weighted by molar-refractivity contribution is -0.131. The molecule has 0 aliphatic carbocycles. The summed E-state index contributed by atoms with van der Waals surface area (Å²) in [6, 6.07) is 18.1. The van der Waals surface area contributed by atoms with Crippen molar-refractivity contribution in [2.45, 2.75) is 52.1 Å². The summed E-state index contributed by atoms with van der Waals surface area (Å²) >= 11 is 0. The Morgan fingerprint density at radius 1 is 0.833 bits per heavy atom. The van der Waals surface area contributed by atoms with Gasteiger partial charge in [0.2, 0.25) is 11.8 Å². The molecule has 0 unspecified atom stereocenters. The summed E-state index contributed by atoms with van der Waals surface area (Å²) < 4.78 is 0. The highest BCUT2D eigenvalue weighted by atomic mass is 16.3. The van der Waals surface area contributed by atoms with Gasteiger partial charge in [-0.2, -0.15) is 0 Å². The van der Waals surface area contributed by atoms with Gasteiger partial charge in [0, 0.05) is 0 Å². The number of aliphatic hydroxyl groups is 1. The number of aliphatic hydroxyl groups excluding tert-OH is 1. The van der Waals surface area contributed by atoms with Gasteiger partial charge in [0.25, 0.3) is 0 Å². The predicted octanol–water partition coefficient (Wildman–Crippen LogP) is 3.48. The summed E-state index contributed by atoms with van der Waals surface area (Å²) in [6.45, 7) is 7.69. The molecule has 5 nitrogen and oxygen atoms in total. The summed E-state index contributed by atoms with van der Waals surface area (Å²) in [4.78, 5) is 26.3. The molecule has 0 fully saturated rings. The summed E-state index contributed by atoms with van der Waals surface area (Å²) in [5.74, 6) is -0.950. The van der Waals surface area contributed by atoms with E-state index in [1.165, 1.54) is 0 Å². The van der Waals surface area contributed by atoms with Crippen molar-refractivity contribution in [3.63, 3.8) is 0 Å². The van der Waals surface area contributed by atoms with Crippen LogP contribution in [0.5, 0.6) is 0 Å². The lowest BCUT2D eigenvalue weighted by Crippen LogP contribution is -2.54. The molecule has 0 radical (unpaired) electrons. The molecular formula is C25H34N2O3. The van der Waals surface area contributed by atoms with Gasteiger partial charge in [0.05, 0.1) is 18.6 Å². The second kappa shape index (κ2) is 11.5. The van der Waals surface area contributed by atoms with Crippen LogP contribution in [0.3, 0.4) is 0 Å². The molecule has 3 N–H and O–H groups in total. The van der Waals surface area contributed by atoms with Crippen molar-refractivity contribution in [1.29, 1.82) is 0 Å². The minimum atomic E-state index is -0.689. The van der Waals surface area contributed by atoms with Crippen LogP contribution in [0.4, 0.5) is 0 Å². The minimum Gasteiger partial charge on any atom is -0.394 e. The van der Waals surface area contributed by atoms with E-state index in [9.17, 15) is 14.7 Å². The molecule has 0 spiro atoms. The van der Waals surface area contributed by atoms with Crippen LogP contribution in [0.25, 0.3) is 0 Å². The van der Waals surface area contributed by atoms with Gasteiger partial charge in [-0.1, -0.05) is 94.8 Å². The van der Waals surface area contributed by atoms with Crippen LogP contribution < -0.4 is 10.6 Å². The van der Waals surface area contributed by atoms with E-state index >= 15 is 0 Å². The van der Waals surface area contributed by atoms with Gasteiger partial charge in [-0.05, 0) is 23.0 Å². The van der Waals surface area contributed by atoms with E-state index in [4.69, 9.17) is 0 Å². The molecule has 0 aliphatic rings. The van der Waals surface area contributed by atoms with Crippen molar-refractivity contribution >= 4 is 11.8 Å². The molecule has 2 rings (SSSR count). The van der Waals surface area contributed by atoms with E-state index in [2.05, 4.69) is 10.6 Å². The minimum absolute atomic E-state index is 0.0996. The summed E-state index contributed by atoms with van der Waals surface area (Å²) in [5.41, 5.74) is 1.74. The van der Waals surface area contributed by atoms with Crippen molar-refractivity contribution < 1.29 is 14.7 Å². The van der Waals surface area contributed by atoms with E-state index in [0.29, 0.717) is 0 Å². The fourth-order valence-corrected chi connectivity index (χ4v) is 3.48. The summed E-state index contributed by atoms with van der Waals surface area (Å²) in [7, 11) is 0. The maximum absolute atomic E-state index is 13.4. The maximum Gasteiger partial charge on any atom is 0.243 e. The molecule has 2 amide bonds. The van der Waals surface area contributed by atoms with Gasteiger partial charge in [0.15, 0.2) is 0 Å². The lowest BCUT2D eigenvalue weighted by Gasteiger charge is -2.29. The van der Waals surface area contributed by atoms with Crippen LogP contribution in [-0.2, 0) is 9.59 Å². The van der Waals surface area contributed by atoms with Gasteiger partial charge < -0.3 is 15.7 Å². The molecule has 2 aromatic rings. The highest BCUT2D eigenvalue weighted by Crippen LogP contribution is 2.25. The SMILES string of the molecule is CC[C@@H](C)[C@@H](CO)NC(=O)[C@H](NC(=O)C(c1ccccc1)c1ccccc1)C(C)C. The number of hydrogen-bond donors (Lipinski definition) is 3. The van der Waals surface area contributed by atoms with Crippen LogP contribution in [0.1, 0.15) is 51.2 Å². The van der Waals surface area contributed by atoms with Crippen LogP contribution in [0, 0.1) is 11.8 Å². The molecule has 0 saturated heterocycles. The Kier molecular flexibility index (Phi) is 9.06. The van der Waals surface area contributed by atoms with E-state index < -0.39 is 12.0 Å². The molecule has 0 heterocycles. The second-order valence-corrected chi connectivity index (χ2v) is 8.17. The number of hydrogen-bond acceptors (Lipinski definition) is 3. The van der Waals surface area contributed by atoms with Crippen LogP contribution in [0.15, 0.2) is 60.7 Å². The maximum atomic E-state index is 13.4. The largest absolute Gasteiger partial charge is 0.394 e. The number of nitrogens with one attached hydrogen (secondary N) is 2. The topological polar surface area (TPSA) is 78.4 Å². The summed E-state index contributed by atoms with van der Waals surface area (Å²) in [6.07, 6.45) is 0.842. The van der Waals surface area contributed by atoms with Crippen molar-refractivity contribution in [3.05, 3.63) is 71.8 Å². The Hall–Kier alpha value is -2.66. The smallest absolute Gasteiger partial charge is 0.243 e. The zero-order valence-electron chi connectivity index (χ0n) is 18.3. The number of amides is 2. The average Bonchev–Trinajstić information content (AvgIpc) is 2.76. The molecule has 3 atom stereocenters. The summed E-state index contributed by atoms with van der Waals surface area (Å²) in [5, 5.41) is 15.5. The fourth-order valence-electron chi connectivity index (χ4n) is 3.48. The highest BCUT2D eigenvalue weighted by Gasteiger charge is 2.31. The number of carbonyl (C=O) groups is 2. The molecule has 2 aromatic carbocycles. The fraction of sp³-hybridized carbons (Fsp3) is 0.440. The first-order valence-corrected chi connectivity index (χ1v) is 10.7. The third-order valence-electron chi connectivity index (χ3n) is 5.63. The number of rotatable bonds is 10. The number of carbonyl (C=O) groups excluding carboxylic acids is 2. The van der Waals surface area contributed by atoms with E-state index in [0.717, 1.165) is 17.5 Å². The second-order valence-electron chi connectivity index (χ2n) is 8.17. The standard InChI is InChI=1S/C25H34N2O3/c1-5-18(4)21(16-28)26-25(30)23(17(2)3)27-24(29)22(19-12-8-6-9-13-19)20-14-10-7-11-15-20/h6-15,17-18,21-23,28H,5,16H2,1-4H3,(H,26,30)(H,27,29)/t18-,21-,23-/m1/s1. The monoisotopic (exact) mass is 410 g/mol. The van der Waals surface area contributed by atoms with Crippen molar-refractivity contribution in [2.75, 3.05) is 6.61 Å². The highest BCUT2D eigenvalue weighted by molar-refractivity contribution is 5.92. The van der Waals surface area contributed by atoms with Gasteiger partial charge >= 0.3 is 0 Å². The first-order chi connectivity index (χ1) is 14.4. The van der Waals surface area contributed by atoms with Gasteiger partial charge in [0.1, 0.15) is 6.04 Å². The Bertz CT molecular complexity index is 753. The van der Waals surface area contributed by atoms with E-state index in [1.807, 2.05) is 88.4 Å². The zero-order valence-corrected chi connectivity index (χ0v) is 18.3. The van der Waals surface area contributed by atoms with Crippen molar-refractivity contribution in [1.82, 2.24) is 10.6 Å². The average molecular weight is 411 g/mol. The van der Waals surface area contributed by atoms with E-state index in [1.54, 1.807) is 0 Å². The third-order valence-corrected chi connectivity index (χ3v) is 5.63. The predicted molar refractivity (Wildman–Crippen MR) is 120 cm³/mol. The molecule has 162 valence electrons. The molecule has 0 aromatic heterocycles. The van der Waals surface area contributed by atoms with Crippen LogP contribution in [-0.4, -0.2) is 35.6 Å². The van der Waals surface area contributed by atoms with Crippen molar-refractivity contribution in [2.24, 2.45) is 11.8 Å². The first-order valence-electron chi connectivity index (χ1n) is 10.7. The molecule has 0 bridgehead atoms. The Morgan fingerprint density at radius 2 is 1.33 bits per heavy atom. The lowest BCUT2D eigenvalue weighted by atomic mass is 9.89. The van der Waals surface area contributed by atoms with Gasteiger partial charge in [-0.15, -0.1) is 0 Å². The van der Waals surface area contributed by atoms with Gasteiger partial charge in [-0.3, -0.25) is 9.59 Å². The number of benzene rings is 2. The normalized spacial score (nSPS) is 14.2. The van der Waals surface area contributed by atoms with Crippen LogP contribution >= 0.6 is 0 Å².